The molecule has 1 atom stereocenters. The molecule has 6 nitrogen and oxygen atoms in total. The number of ether oxygens (including phenoxy) is 3. The van der Waals surface area contributed by atoms with Crippen molar-refractivity contribution in [3.05, 3.63) is 109 Å². The van der Waals surface area contributed by atoms with E-state index in [1.165, 1.54) is 199 Å². The van der Waals surface area contributed by atoms with Crippen LogP contribution in [0.15, 0.2) is 109 Å². The zero-order valence-electron chi connectivity index (χ0n) is 54.7. The Balaban J connectivity index is 4.46. The zero-order chi connectivity index (χ0) is 59.9. The molecule has 0 radical (unpaired) electrons. The lowest BCUT2D eigenvalue weighted by atomic mass is 10.0. The predicted octanol–water partition coefficient (Wildman–Crippen LogP) is 24.6. The Bertz CT molecular complexity index is 1660. The van der Waals surface area contributed by atoms with Gasteiger partial charge in [-0.2, -0.15) is 0 Å². The van der Waals surface area contributed by atoms with Gasteiger partial charge in [0.2, 0.25) is 0 Å². The fraction of sp³-hybridized carbons (Fsp3) is 0.727. The van der Waals surface area contributed by atoms with Crippen molar-refractivity contribution < 1.29 is 28.6 Å². The zero-order valence-corrected chi connectivity index (χ0v) is 54.7. The third-order valence-corrected chi connectivity index (χ3v) is 15.3. The Kier molecular flexibility index (Phi) is 67.2. The molecule has 0 aromatic heterocycles. The molecule has 0 aliphatic carbocycles. The fourth-order valence-electron chi connectivity index (χ4n) is 9.99. The van der Waals surface area contributed by atoms with E-state index in [1.807, 2.05) is 0 Å². The summed E-state index contributed by atoms with van der Waals surface area (Å²) in [6, 6.07) is 0. The summed E-state index contributed by atoms with van der Waals surface area (Å²) in [4.78, 5) is 38.5. The van der Waals surface area contributed by atoms with E-state index in [0.717, 1.165) is 96.3 Å². The summed E-state index contributed by atoms with van der Waals surface area (Å²) in [6.07, 6.45) is 96.8. The first-order valence-electron chi connectivity index (χ1n) is 35.4. The third-order valence-electron chi connectivity index (χ3n) is 15.3. The van der Waals surface area contributed by atoms with Gasteiger partial charge in [-0.15, -0.1) is 0 Å². The Labute approximate surface area is 514 Å². The number of carbonyl (C=O) groups excluding carboxylic acids is 3. The van der Waals surface area contributed by atoms with Crippen molar-refractivity contribution in [2.45, 2.75) is 348 Å². The number of esters is 3. The first kappa shape index (κ1) is 79.1. The van der Waals surface area contributed by atoms with Gasteiger partial charge in [0.25, 0.3) is 0 Å². The van der Waals surface area contributed by atoms with Crippen LogP contribution in [0, 0.1) is 0 Å². The van der Waals surface area contributed by atoms with Crippen LogP contribution in [0.3, 0.4) is 0 Å². The fourth-order valence-corrected chi connectivity index (χ4v) is 9.99. The van der Waals surface area contributed by atoms with E-state index < -0.39 is 6.10 Å². The molecular formula is C77H132O6. The third kappa shape index (κ3) is 68.7. The highest BCUT2D eigenvalue weighted by Gasteiger charge is 2.19. The number of hydrogen-bond donors (Lipinski definition) is 0. The molecule has 1 unspecified atom stereocenters. The summed E-state index contributed by atoms with van der Waals surface area (Å²) in [5.74, 6) is -0.943. The molecule has 0 saturated heterocycles. The Hall–Kier alpha value is -3.93. The molecule has 0 amide bonds. The summed E-state index contributed by atoms with van der Waals surface area (Å²) in [6.45, 7) is 6.51. The van der Waals surface area contributed by atoms with E-state index in [1.54, 1.807) is 0 Å². The van der Waals surface area contributed by atoms with Crippen LogP contribution in [-0.4, -0.2) is 37.2 Å². The Morgan fingerprint density at radius 2 is 0.482 bits per heavy atom. The number of rotatable bonds is 64. The van der Waals surface area contributed by atoms with E-state index in [2.05, 4.69) is 130 Å². The SMILES string of the molecule is CC/C=C\C/C=C\C/C=C\C/C=C\C/C=C\C/C=C\C/C=C\CCCC(=O)OCC(COC(=O)CCCCCCCCCCCCCCCCCCCCC)OC(=O)CCCCCCCCCCCCC/C=C\C/C=C\CCCCCCC. The average Bonchev–Trinajstić information content (AvgIpc) is 3.49. The molecule has 83 heavy (non-hydrogen) atoms. The van der Waals surface area contributed by atoms with Crippen molar-refractivity contribution in [3.8, 4) is 0 Å². The molecular weight excluding hydrogens is 1020 g/mol. The van der Waals surface area contributed by atoms with Gasteiger partial charge < -0.3 is 14.2 Å². The van der Waals surface area contributed by atoms with Crippen LogP contribution in [0.4, 0.5) is 0 Å². The molecule has 0 spiro atoms. The maximum Gasteiger partial charge on any atom is 0.306 e. The van der Waals surface area contributed by atoms with E-state index in [-0.39, 0.29) is 37.5 Å². The molecule has 0 heterocycles. The summed E-state index contributed by atoms with van der Waals surface area (Å²) in [5, 5.41) is 0. The molecule has 0 aromatic carbocycles. The van der Waals surface area contributed by atoms with Gasteiger partial charge in [-0.3, -0.25) is 14.4 Å². The van der Waals surface area contributed by atoms with Gasteiger partial charge in [-0.05, 0) is 103 Å². The first-order valence-corrected chi connectivity index (χ1v) is 35.4. The minimum absolute atomic E-state index is 0.0947. The lowest BCUT2D eigenvalue weighted by Crippen LogP contribution is -2.30. The van der Waals surface area contributed by atoms with Crippen molar-refractivity contribution in [1.29, 1.82) is 0 Å². The normalized spacial score (nSPS) is 12.8. The van der Waals surface area contributed by atoms with Crippen molar-refractivity contribution in [2.24, 2.45) is 0 Å². The predicted molar refractivity (Wildman–Crippen MR) is 362 cm³/mol. The highest BCUT2D eigenvalue weighted by molar-refractivity contribution is 5.71. The van der Waals surface area contributed by atoms with Crippen LogP contribution in [-0.2, 0) is 28.6 Å². The van der Waals surface area contributed by atoms with Crippen LogP contribution < -0.4 is 0 Å². The average molecular weight is 1150 g/mol. The lowest BCUT2D eigenvalue weighted by molar-refractivity contribution is -0.167. The molecule has 0 saturated carbocycles. The summed E-state index contributed by atoms with van der Waals surface area (Å²) < 4.78 is 17.0. The largest absolute Gasteiger partial charge is 0.462 e. The minimum Gasteiger partial charge on any atom is -0.462 e. The topological polar surface area (TPSA) is 78.9 Å². The molecule has 0 bridgehead atoms. The van der Waals surface area contributed by atoms with Crippen molar-refractivity contribution in [1.82, 2.24) is 0 Å². The molecule has 0 rings (SSSR count). The Morgan fingerprint density at radius 3 is 0.783 bits per heavy atom. The second-order valence-corrected chi connectivity index (χ2v) is 23.4. The van der Waals surface area contributed by atoms with E-state index in [0.29, 0.717) is 19.3 Å². The van der Waals surface area contributed by atoms with Gasteiger partial charge in [0.1, 0.15) is 13.2 Å². The number of carbonyl (C=O) groups is 3. The minimum atomic E-state index is -0.805. The maximum atomic E-state index is 13.0. The molecule has 0 aliphatic heterocycles. The number of hydrogen-bond acceptors (Lipinski definition) is 6. The van der Waals surface area contributed by atoms with Crippen LogP contribution in [0.25, 0.3) is 0 Å². The molecule has 0 fully saturated rings. The van der Waals surface area contributed by atoms with Crippen LogP contribution in [0.5, 0.6) is 0 Å². The van der Waals surface area contributed by atoms with E-state index in [4.69, 9.17) is 14.2 Å². The van der Waals surface area contributed by atoms with Gasteiger partial charge >= 0.3 is 17.9 Å². The van der Waals surface area contributed by atoms with Crippen LogP contribution in [0.1, 0.15) is 342 Å². The van der Waals surface area contributed by atoms with Gasteiger partial charge in [0.05, 0.1) is 0 Å². The van der Waals surface area contributed by atoms with Gasteiger partial charge in [-0.25, -0.2) is 0 Å². The molecule has 0 aromatic rings. The van der Waals surface area contributed by atoms with Gasteiger partial charge in [-0.1, -0.05) is 329 Å². The monoisotopic (exact) mass is 1150 g/mol. The lowest BCUT2D eigenvalue weighted by Gasteiger charge is -2.18. The quantitative estimate of drug-likeness (QED) is 0.0261. The van der Waals surface area contributed by atoms with Gasteiger partial charge in [0, 0.05) is 19.3 Å². The van der Waals surface area contributed by atoms with Crippen molar-refractivity contribution >= 4 is 17.9 Å². The molecule has 476 valence electrons. The smallest absolute Gasteiger partial charge is 0.306 e. The number of unbranched alkanes of at least 4 members (excludes halogenated alkanes) is 35. The summed E-state index contributed by atoms with van der Waals surface area (Å²) in [7, 11) is 0. The second kappa shape index (κ2) is 70.6. The van der Waals surface area contributed by atoms with Gasteiger partial charge in [0.15, 0.2) is 6.10 Å². The second-order valence-electron chi connectivity index (χ2n) is 23.4. The van der Waals surface area contributed by atoms with Crippen molar-refractivity contribution in [3.63, 3.8) is 0 Å². The van der Waals surface area contributed by atoms with Crippen molar-refractivity contribution in [2.75, 3.05) is 13.2 Å². The first-order chi connectivity index (χ1) is 41.0. The van der Waals surface area contributed by atoms with E-state index in [9.17, 15) is 14.4 Å². The molecule has 6 heteroatoms. The molecule has 0 aliphatic rings. The highest BCUT2D eigenvalue weighted by atomic mass is 16.6. The molecule has 0 N–H and O–H groups in total. The number of allylic oxidation sites excluding steroid dienone is 18. The standard InChI is InChI=1S/C77H132O6/c1-4-7-10-13-16-19-22-25-28-31-34-36-38-40-43-46-49-52-55-58-61-64-67-70-76(79)82-73-74(72-81-75(78)69-66-63-60-57-54-51-48-45-42-33-30-27-24-21-18-15-12-9-6-3)83-77(80)71-68-65-62-59-56-53-50-47-44-41-39-37-35-32-29-26-23-20-17-14-11-8-5-2/h7,10,16,19,23,25-26,28,32,34-36,40,43,49,52,58,61,74H,4-6,8-9,11-15,17-18,20-22,24,27,29-31,33,37-39,41-42,44-48,50-51,53-57,59-60,62-73H2,1-3H3/b10-7-,19-16-,26-23-,28-25-,35-32-,36-34-,43-40-,52-49-,61-58-. The summed E-state index contributed by atoms with van der Waals surface area (Å²) >= 11 is 0. The summed E-state index contributed by atoms with van der Waals surface area (Å²) in [5.41, 5.74) is 0. The van der Waals surface area contributed by atoms with Crippen LogP contribution in [0.2, 0.25) is 0 Å². The highest BCUT2D eigenvalue weighted by Crippen LogP contribution is 2.17. The Morgan fingerprint density at radius 1 is 0.253 bits per heavy atom. The maximum absolute atomic E-state index is 13.0. The van der Waals surface area contributed by atoms with E-state index >= 15 is 0 Å². The van der Waals surface area contributed by atoms with Crippen LogP contribution >= 0.6 is 0 Å².